The fraction of sp³-hybridized carbons (Fsp3) is 0.917. The monoisotopic (exact) mass is 282 g/mol. The Bertz CT molecular complexity index is 307. The molecule has 0 aromatic carbocycles. The molecule has 1 aliphatic heterocycles. The maximum atomic E-state index is 12.2. The van der Waals surface area contributed by atoms with Crippen molar-refractivity contribution in [3.8, 4) is 0 Å². The molecule has 0 aromatic rings. The Labute approximate surface area is 111 Å². The summed E-state index contributed by atoms with van der Waals surface area (Å²) in [5.74, 6) is 0.909. The summed E-state index contributed by atoms with van der Waals surface area (Å²) in [6, 6.07) is -0.450. The smallest absolute Gasteiger partial charge is 0.362 e. The number of hydrogen-bond acceptors (Lipinski definition) is 3. The molecule has 0 aromatic heterocycles. The normalized spacial score (nSPS) is 23.5. The Morgan fingerprint density at radius 3 is 2.50 bits per heavy atom. The van der Waals surface area contributed by atoms with E-state index in [1.807, 2.05) is 0 Å². The molecule has 0 saturated heterocycles. The lowest BCUT2D eigenvalue weighted by Gasteiger charge is -2.31. The molecule has 0 fully saturated rings. The van der Waals surface area contributed by atoms with Gasteiger partial charge in [-0.05, 0) is 18.8 Å². The van der Waals surface area contributed by atoms with Gasteiger partial charge < -0.3 is 5.32 Å². The second-order valence-electron chi connectivity index (χ2n) is 5.82. The third-order valence-corrected chi connectivity index (χ3v) is 3.75. The van der Waals surface area contributed by atoms with Crippen LogP contribution in [0.1, 0.15) is 40.5 Å². The van der Waals surface area contributed by atoms with E-state index in [-0.39, 0.29) is 11.5 Å². The first-order valence-electron chi connectivity index (χ1n) is 6.12. The maximum Gasteiger partial charge on any atom is 0.391 e. The van der Waals surface area contributed by atoms with Gasteiger partial charge in [0.05, 0.1) is 12.5 Å². The first-order chi connectivity index (χ1) is 8.08. The van der Waals surface area contributed by atoms with E-state index in [1.54, 1.807) is 0 Å². The Kier molecular flexibility index (Phi) is 4.98. The van der Waals surface area contributed by atoms with Crippen molar-refractivity contribution in [2.45, 2.75) is 58.8 Å². The average molecular weight is 282 g/mol. The number of rotatable bonds is 2. The topological polar surface area (TPSA) is 24.4 Å². The summed E-state index contributed by atoms with van der Waals surface area (Å²) in [4.78, 5) is 4.52. The summed E-state index contributed by atoms with van der Waals surface area (Å²) in [6.45, 7) is 7.85. The van der Waals surface area contributed by atoms with Crippen LogP contribution in [0.2, 0.25) is 0 Å². The summed E-state index contributed by atoms with van der Waals surface area (Å²) in [5.41, 5.74) is 0.0567. The van der Waals surface area contributed by atoms with Crippen molar-refractivity contribution in [2.75, 3.05) is 5.75 Å². The molecular weight excluding hydrogens is 261 g/mol. The second kappa shape index (κ2) is 5.72. The number of alkyl halides is 3. The molecule has 0 aliphatic carbocycles. The third-order valence-electron chi connectivity index (χ3n) is 2.81. The predicted molar refractivity (Wildman–Crippen MR) is 71.0 cm³/mol. The average Bonchev–Trinajstić information content (AvgIpc) is 2.13. The Balaban J connectivity index is 2.59. The van der Waals surface area contributed by atoms with E-state index in [0.717, 1.165) is 12.2 Å². The quantitative estimate of drug-likeness (QED) is 0.832. The van der Waals surface area contributed by atoms with Gasteiger partial charge in [0.1, 0.15) is 0 Å². The molecule has 2 atom stereocenters. The maximum absolute atomic E-state index is 12.2. The molecule has 0 saturated carbocycles. The minimum Gasteiger partial charge on any atom is -0.362 e. The molecule has 1 heterocycles. The fourth-order valence-electron chi connectivity index (χ4n) is 1.83. The van der Waals surface area contributed by atoms with E-state index in [1.165, 1.54) is 18.7 Å². The van der Waals surface area contributed by atoms with Gasteiger partial charge in [-0.1, -0.05) is 32.5 Å². The summed E-state index contributed by atoms with van der Waals surface area (Å²) in [7, 11) is 0. The summed E-state index contributed by atoms with van der Waals surface area (Å²) in [6.07, 6.45) is -3.98. The number of hydrogen-bond donors (Lipinski definition) is 1. The first kappa shape index (κ1) is 15.7. The fourth-order valence-corrected chi connectivity index (χ4v) is 2.85. The molecule has 0 bridgehead atoms. The highest BCUT2D eigenvalue weighted by atomic mass is 32.2. The van der Waals surface area contributed by atoms with Gasteiger partial charge in [-0.3, -0.25) is 4.99 Å². The van der Waals surface area contributed by atoms with Crippen molar-refractivity contribution in [3.63, 3.8) is 0 Å². The van der Waals surface area contributed by atoms with Crippen molar-refractivity contribution in [1.29, 1.82) is 0 Å². The van der Waals surface area contributed by atoms with Crippen molar-refractivity contribution >= 4 is 16.9 Å². The Morgan fingerprint density at radius 1 is 1.39 bits per heavy atom. The number of thioether (sulfide) groups is 1. The zero-order valence-corrected chi connectivity index (χ0v) is 12.1. The molecule has 2 nitrogen and oxygen atoms in total. The van der Waals surface area contributed by atoms with Crippen molar-refractivity contribution in [2.24, 2.45) is 10.4 Å². The third kappa shape index (κ3) is 5.50. The lowest BCUT2D eigenvalue weighted by Crippen LogP contribution is -2.38. The summed E-state index contributed by atoms with van der Waals surface area (Å²) in [5, 5.41) is 3.52. The Hall–Kier alpha value is -0.390. The van der Waals surface area contributed by atoms with Gasteiger partial charge in [0.2, 0.25) is 0 Å². The van der Waals surface area contributed by atoms with Crippen LogP contribution in [0, 0.1) is 5.41 Å². The van der Waals surface area contributed by atoms with E-state index in [2.05, 4.69) is 31.1 Å². The minimum absolute atomic E-state index is 0.0567. The largest absolute Gasteiger partial charge is 0.391 e. The van der Waals surface area contributed by atoms with E-state index in [9.17, 15) is 13.2 Å². The SMILES string of the molecule is CC(CC(F)(F)F)NC1=NC(C(C)(C)C)CCS1. The van der Waals surface area contributed by atoms with Gasteiger partial charge >= 0.3 is 6.18 Å². The number of halogens is 3. The van der Waals surface area contributed by atoms with E-state index in [0.29, 0.717) is 5.17 Å². The van der Waals surface area contributed by atoms with E-state index >= 15 is 0 Å². The van der Waals surface area contributed by atoms with Crippen LogP contribution >= 0.6 is 11.8 Å². The van der Waals surface area contributed by atoms with Crippen LogP contribution in [0.15, 0.2) is 4.99 Å². The molecule has 18 heavy (non-hydrogen) atoms. The predicted octanol–water partition coefficient (Wildman–Crippen LogP) is 3.82. The first-order valence-corrected chi connectivity index (χ1v) is 7.10. The van der Waals surface area contributed by atoms with Gasteiger partial charge in [-0.25, -0.2) is 0 Å². The van der Waals surface area contributed by atoms with Gasteiger partial charge in [0.25, 0.3) is 0 Å². The molecule has 0 amide bonds. The molecule has 0 spiro atoms. The number of nitrogens with zero attached hydrogens (tertiary/aromatic N) is 1. The highest BCUT2D eigenvalue weighted by molar-refractivity contribution is 8.13. The number of nitrogens with one attached hydrogen (secondary N) is 1. The molecule has 106 valence electrons. The Morgan fingerprint density at radius 2 is 2.00 bits per heavy atom. The minimum atomic E-state index is -4.13. The van der Waals surface area contributed by atoms with Crippen LogP contribution in [0.25, 0.3) is 0 Å². The molecule has 6 heteroatoms. The summed E-state index contributed by atoms with van der Waals surface area (Å²) < 4.78 is 36.7. The standard InChI is InChI=1S/C12H21F3N2S/c1-8(7-12(13,14)15)16-10-17-9(5-6-18-10)11(2,3)4/h8-9H,5-7H2,1-4H3,(H,16,17). The molecule has 1 rings (SSSR count). The zero-order valence-electron chi connectivity index (χ0n) is 11.3. The van der Waals surface area contributed by atoms with E-state index in [4.69, 9.17) is 0 Å². The van der Waals surface area contributed by atoms with E-state index < -0.39 is 18.6 Å². The van der Waals surface area contributed by atoms with Crippen LogP contribution in [0.4, 0.5) is 13.2 Å². The zero-order chi connectivity index (χ0) is 14.0. The van der Waals surface area contributed by atoms with Gasteiger partial charge in [0.15, 0.2) is 5.17 Å². The van der Waals surface area contributed by atoms with Crippen molar-refractivity contribution < 1.29 is 13.2 Å². The van der Waals surface area contributed by atoms with Crippen molar-refractivity contribution in [1.82, 2.24) is 5.32 Å². The molecule has 2 unspecified atom stereocenters. The number of aliphatic imine (C=N–C) groups is 1. The van der Waals surface area contributed by atoms with Crippen LogP contribution in [0.5, 0.6) is 0 Å². The van der Waals surface area contributed by atoms with Crippen LogP contribution in [0.3, 0.4) is 0 Å². The lowest BCUT2D eigenvalue weighted by atomic mass is 9.85. The van der Waals surface area contributed by atoms with Gasteiger partial charge in [-0.15, -0.1) is 0 Å². The highest BCUT2D eigenvalue weighted by Gasteiger charge is 2.32. The molecule has 0 radical (unpaired) electrons. The lowest BCUT2D eigenvalue weighted by molar-refractivity contribution is -0.138. The molecular formula is C12H21F3N2S. The summed E-state index contributed by atoms with van der Waals surface area (Å²) >= 11 is 1.51. The van der Waals surface area contributed by atoms with Crippen LogP contribution in [-0.4, -0.2) is 29.2 Å². The number of amidine groups is 1. The van der Waals surface area contributed by atoms with Gasteiger partial charge in [-0.2, -0.15) is 13.2 Å². The van der Waals surface area contributed by atoms with Crippen molar-refractivity contribution in [3.05, 3.63) is 0 Å². The second-order valence-corrected chi connectivity index (χ2v) is 6.90. The molecule has 1 aliphatic rings. The van der Waals surface area contributed by atoms with Gasteiger partial charge in [0, 0.05) is 11.8 Å². The molecule has 1 N–H and O–H groups in total. The highest BCUT2D eigenvalue weighted by Crippen LogP contribution is 2.30. The van der Waals surface area contributed by atoms with Crippen LogP contribution in [-0.2, 0) is 0 Å². The van der Waals surface area contributed by atoms with Crippen LogP contribution < -0.4 is 5.32 Å².